The Balaban J connectivity index is 1.76. The number of thiazole rings is 1. The van der Waals surface area contributed by atoms with Crippen molar-refractivity contribution in [1.82, 2.24) is 15.0 Å². The van der Waals surface area contributed by atoms with Crippen LogP contribution in [0.15, 0.2) is 27.2 Å². The van der Waals surface area contributed by atoms with Gasteiger partial charge in [0.25, 0.3) is 0 Å². The number of aryl methyl sites for hydroxylation is 1. The fourth-order valence-electron chi connectivity index (χ4n) is 2.87. The van der Waals surface area contributed by atoms with Crippen molar-refractivity contribution in [3.8, 4) is 0 Å². The average Bonchev–Trinajstić information content (AvgIpc) is 3.27. The smallest absolute Gasteiger partial charge is 0.176 e. The summed E-state index contributed by atoms with van der Waals surface area (Å²) in [6.07, 6.45) is 4.50. The van der Waals surface area contributed by atoms with Gasteiger partial charge in [0.1, 0.15) is 28.6 Å². The summed E-state index contributed by atoms with van der Waals surface area (Å²) in [5, 5.41) is 0. The first kappa shape index (κ1) is 15.9. The van der Waals surface area contributed by atoms with Gasteiger partial charge in [-0.1, -0.05) is 18.7 Å². The lowest BCUT2D eigenvalue weighted by Gasteiger charge is -2.35. The van der Waals surface area contributed by atoms with Gasteiger partial charge in [-0.05, 0) is 18.4 Å². The van der Waals surface area contributed by atoms with Gasteiger partial charge in [-0.2, -0.15) is 0 Å². The number of morpholine rings is 1. The zero-order valence-corrected chi connectivity index (χ0v) is 15.2. The highest BCUT2D eigenvalue weighted by Gasteiger charge is 2.30. The zero-order valence-electron chi connectivity index (χ0n) is 13.6. The van der Waals surface area contributed by atoms with E-state index in [1.807, 2.05) is 18.4 Å². The number of furan rings is 1. The molecule has 6 nitrogen and oxygen atoms in total. The van der Waals surface area contributed by atoms with Crippen LogP contribution in [0.5, 0.6) is 0 Å². The molecule has 1 saturated heterocycles. The number of nitrogens with zero attached hydrogens (tertiary/aromatic N) is 4. The van der Waals surface area contributed by atoms with E-state index >= 15 is 0 Å². The molecule has 1 unspecified atom stereocenters. The Labute approximate surface area is 148 Å². The van der Waals surface area contributed by atoms with Crippen molar-refractivity contribution < 1.29 is 9.15 Å². The molecule has 0 radical (unpaired) electrons. The third-order valence-corrected chi connectivity index (χ3v) is 6.11. The molecule has 4 heterocycles. The number of hydrogen-bond acceptors (Lipinski definition) is 8. The Kier molecular flexibility index (Phi) is 4.43. The van der Waals surface area contributed by atoms with Crippen molar-refractivity contribution in [3.63, 3.8) is 0 Å². The van der Waals surface area contributed by atoms with Crippen molar-refractivity contribution in [1.29, 1.82) is 0 Å². The molecular weight excluding hydrogens is 344 g/mol. The molecule has 4 rings (SSSR count). The first-order valence-corrected chi connectivity index (χ1v) is 9.92. The molecular formula is C16H18N4O2S2. The summed E-state index contributed by atoms with van der Waals surface area (Å²) in [5.41, 5.74) is 0.758. The summed E-state index contributed by atoms with van der Waals surface area (Å²) >= 11 is 3.27. The van der Waals surface area contributed by atoms with Crippen LogP contribution in [-0.2, 0) is 11.2 Å². The second-order valence-corrected chi connectivity index (χ2v) is 7.53. The molecule has 1 aliphatic heterocycles. The summed E-state index contributed by atoms with van der Waals surface area (Å²) in [5.74, 6) is 2.83. The topological polar surface area (TPSA) is 64.3 Å². The summed E-state index contributed by atoms with van der Waals surface area (Å²) < 4.78 is 13.7. The van der Waals surface area contributed by atoms with Gasteiger partial charge in [-0.3, -0.25) is 0 Å². The first-order chi connectivity index (χ1) is 11.8. The molecule has 1 aliphatic rings. The van der Waals surface area contributed by atoms with Crippen LogP contribution in [-0.4, -0.2) is 41.0 Å². The third-order valence-electron chi connectivity index (χ3n) is 4.09. The molecule has 0 aliphatic carbocycles. The number of hydrogen-bond donors (Lipinski definition) is 0. The van der Waals surface area contributed by atoms with Crippen molar-refractivity contribution in [3.05, 3.63) is 30.0 Å². The van der Waals surface area contributed by atoms with Crippen LogP contribution in [0.3, 0.4) is 0 Å². The minimum absolute atomic E-state index is 0.0250. The maximum Gasteiger partial charge on any atom is 0.176 e. The number of aromatic nitrogens is 3. The molecule has 0 spiro atoms. The monoisotopic (exact) mass is 362 g/mol. The summed E-state index contributed by atoms with van der Waals surface area (Å²) in [7, 11) is 0. The van der Waals surface area contributed by atoms with Gasteiger partial charge < -0.3 is 14.1 Å². The largest absolute Gasteiger partial charge is 0.464 e. The van der Waals surface area contributed by atoms with E-state index in [4.69, 9.17) is 9.15 Å². The predicted octanol–water partition coefficient (Wildman–Crippen LogP) is 3.54. The highest BCUT2D eigenvalue weighted by molar-refractivity contribution is 8.00. The number of ether oxygens (including phenoxy) is 1. The second kappa shape index (κ2) is 6.70. The van der Waals surface area contributed by atoms with Crippen LogP contribution in [0, 0.1) is 0 Å². The highest BCUT2D eigenvalue weighted by Crippen LogP contribution is 2.37. The minimum Gasteiger partial charge on any atom is -0.464 e. The highest BCUT2D eigenvalue weighted by atomic mass is 32.2. The van der Waals surface area contributed by atoms with Gasteiger partial charge in [0.2, 0.25) is 0 Å². The van der Waals surface area contributed by atoms with Gasteiger partial charge in [-0.15, -0.1) is 11.3 Å². The van der Waals surface area contributed by atoms with E-state index in [0.29, 0.717) is 13.2 Å². The van der Waals surface area contributed by atoms with Crippen LogP contribution in [0.1, 0.15) is 24.5 Å². The van der Waals surface area contributed by atoms with Crippen LogP contribution in [0.4, 0.5) is 5.82 Å². The fourth-order valence-corrected chi connectivity index (χ4v) is 4.39. The van der Waals surface area contributed by atoms with Gasteiger partial charge in [0.15, 0.2) is 15.8 Å². The minimum atomic E-state index is 0.0250. The molecule has 3 aromatic rings. The summed E-state index contributed by atoms with van der Waals surface area (Å²) in [6, 6.07) is 4.11. The fraction of sp³-hybridized carbons (Fsp3) is 0.438. The molecule has 3 aromatic heterocycles. The van der Waals surface area contributed by atoms with E-state index in [-0.39, 0.29) is 6.04 Å². The number of anilines is 1. The molecule has 24 heavy (non-hydrogen) atoms. The molecule has 1 atom stereocenters. The molecule has 1 fully saturated rings. The Morgan fingerprint density at radius 2 is 2.29 bits per heavy atom. The average molecular weight is 362 g/mol. The Bertz CT molecular complexity index is 848. The van der Waals surface area contributed by atoms with Crippen molar-refractivity contribution in [2.24, 2.45) is 0 Å². The maximum absolute atomic E-state index is 5.98. The van der Waals surface area contributed by atoms with Crippen LogP contribution < -0.4 is 4.90 Å². The molecule has 0 amide bonds. The van der Waals surface area contributed by atoms with E-state index in [1.54, 1.807) is 29.4 Å². The molecule has 0 aromatic carbocycles. The zero-order chi connectivity index (χ0) is 16.5. The van der Waals surface area contributed by atoms with E-state index in [1.165, 1.54) is 0 Å². The SMILES string of the molecule is CCc1ccc(C2COCCN2c2ncnc3nc(SC)sc23)o1. The van der Waals surface area contributed by atoms with Gasteiger partial charge in [0.05, 0.1) is 13.2 Å². The maximum atomic E-state index is 5.98. The van der Waals surface area contributed by atoms with Crippen LogP contribution >= 0.6 is 23.1 Å². The predicted molar refractivity (Wildman–Crippen MR) is 96.0 cm³/mol. The van der Waals surface area contributed by atoms with Crippen LogP contribution in [0.25, 0.3) is 10.3 Å². The standard InChI is InChI=1S/C16H18N4O2S2/c1-3-10-4-5-12(22-10)11-8-21-7-6-20(11)15-13-14(17-9-18-15)19-16(23-2)24-13/h4-5,9,11H,3,6-8H2,1-2H3. The third kappa shape index (κ3) is 2.78. The number of fused-ring (bicyclic) bond motifs is 1. The Hall–Kier alpha value is -1.64. The Morgan fingerprint density at radius 3 is 3.08 bits per heavy atom. The lowest BCUT2D eigenvalue weighted by Crippen LogP contribution is -2.40. The molecule has 0 saturated carbocycles. The quantitative estimate of drug-likeness (QED) is 0.658. The molecule has 126 valence electrons. The first-order valence-electron chi connectivity index (χ1n) is 7.88. The van der Waals surface area contributed by atoms with Crippen molar-refractivity contribution in [2.75, 3.05) is 30.9 Å². The summed E-state index contributed by atoms with van der Waals surface area (Å²) in [6.45, 7) is 4.13. The van der Waals surface area contributed by atoms with Gasteiger partial charge in [-0.25, -0.2) is 15.0 Å². The van der Waals surface area contributed by atoms with Crippen LogP contribution in [0.2, 0.25) is 0 Å². The van der Waals surface area contributed by atoms with E-state index in [0.717, 1.165) is 45.0 Å². The van der Waals surface area contributed by atoms with E-state index in [9.17, 15) is 0 Å². The Morgan fingerprint density at radius 1 is 1.38 bits per heavy atom. The lowest BCUT2D eigenvalue weighted by atomic mass is 10.1. The summed E-state index contributed by atoms with van der Waals surface area (Å²) in [4.78, 5) is 15.7. The van der Waals surface area contributed by atoms with E-state index in [2.05, 4.69) is 26.8 Å². The number of thioether (sulfide) groups is 1. The molecule has 0 bridgehead atoms. The van der Waals surface area contributed by atoms with Crippen molar-refractivity contribution in [2.45, 2.75) is 23.7 Å². The molecule has 0 N–H and O–H groups in total. The van der Waals surface area contributed by atoms with Gasteiger partial charge in [0, 0.05) is 13.0 Å². The second-order valence-electron chi connectivity index (χ2n) is 5.48. The van der Waals surface area contributed by atoms with Crippen molar-refractivity contribution >= 4 is 39.3 Å². The van der Waals surface area contributed by atoms with E-state index < -0.39 is 0 Å². The van der Waals surface area contributed by atoms with Gasteiger partial charge >= 0.3 is 0 Å². The number of rotatable bonds is 4. The normalized spacial score (nSPS) is 18.4. The lowest BCUT2D eigenvalue weighted by molar-refractivity contribution is 0.0871. The molecule has 8 heteroatoms.